The fraction of sp³-hybridized carbons (Fsp3) is 0.0294. The number of para-hydroxylation sites is 4. The minimum absolute atomic E-state index is 0.566. The van der Waals surface area contributed by atoms with Crippen molar-refractivity contribution in [2.45, 2.75) is 10.8 Å². The Hall–Kier alpha value is -9.18. The molecule has 11 aromatic carbocycles. The third-order valence-electron chi connectivity index (χ3n) is 15.2. The van der Waals surface area contributed by atoms with Gasteiger partial charge in [-0.2, -0.15) is 0 Å². The van der Waals surface area contributed by atoms with Crippen molar-refractivity contribution in [3.05, 3.63) is 324 Å². The van der Waals surface area contributed by atoms with Gasteiger partial charge in [0.15, 0.2) is 5.58 Å². The first-order valence-electron chi connectivity index (χ1n) is 24.5. The van der Waals surface area contributed by atoms with Crippen LogP contribution in [0.1, 0.15) is 44.5 Å². The van der Waals surface area contributed by atoms with E-state index >= 15 is 0 Å². The lowest BCUT2D eigenvalue weighted by molar-refractivity contribution is 0.623. The summed E-state index contributed by atoms with van der Waals surface area (Å²) < 4.78 is 6.84. The summed E-state index contributed by atoms with van der Waals surface area (Å²) in [6.45, 7) is 0. The van der Waals surface area contributed by atoms with Gasteiger partial charge < -0.3 is 14.2 Å². The number of hydrogen-bond donors (Lipinski definition) is 0. The monoisotopic (exact) mass is 906 g/mol. The summed E-state index contributed by atoms with van der Waals surface area (Å²) in [6, 6.07) is 102. The van der Waals surface area contributed by atoms with Crippen LogP contribution in [0.3, 0.4) is 0 Å². The fourth-order valence-electron chi connectivity index (χ4n) is 12.4. The molecule has 1 heterocycles. The lowest BCUT2D eigenvalue weighted by Crippen LogP contribution is -2.44. The third-order valence-corrected chi connectivity index (χ3v) is 15.2. The van der Waals surface area contributed by atoms with Gasteiger partial charge in [-0.3, -0.25) is 0 Å². The second-order valence-corrected chi connectivity index (χ2v) is 18.7. The molecule has 1 spiro atoms. The van der Waals surface area contributed by atoms with Crippen molar-refractivity contribution in [3.8, 4) is 11.1 Å². The van der Waals surface area contributed by atoms with Gasteiger partial charge in [0.05, 0.1) is 16.5 Å². The Bertz CT molecular complexity index is 3810. The van der Waals surface area contributed by atoms with Crippen LogP contribution in [0.25, 0.3) is 33.1 Å². The van der Waals surface area contributed by atoms with E-state index in [1.807, 2.05) is 6.07 Å². The van der Waals surface area contributed by atoms with Gasteiger partial charge >= 0.3 is 0 Å². The highest BCUT2D eigenvalue weighted by Gasteiger charge is 2.56. The van der Waals surface area contributed by atoms with Crippen LogP contribution < -0.4 is 9.80 Å². The summed E-state index contributed by atoms with van der Waals surface area (Å²) in [4.78, 5) is 4.69. The lowest BCUT2D eigenvalue weighted by atomic mass is 9.51. The number of rotatable bonds is 8. The molecule has 0 aliphatic heterocycles. The normalized spacial score (nSPS) is 13.6. The van der Waals surface area contributed by atoms with E-state index in [0.717, 1.165) is 56.1 Å². The number of benzene rings is 11. The van der Waals surface area contributed by atoms with Gasteiger partial charge in [-0.25, -0.2) is 0 Å². The molecule has 1 aromatic heterocycles. The van der Waals surface area contributed by atoms with Gasteiger partial charge in [-0.05, 0) is 128 Å². The van der Waals surface area contributed by atoms with E-state index < -0.39 is 10.8 Å². The molecule has 0 atom stereocenters. The van der Waals surface area contributed by atoms with Crippen molar-refractivity contribution in [1.82, 2.24) is 0 Å². The molecule has 0 radical (unpaired) electrons. The molecule has 0 unspecified atom stereocenters. The molecule has 0 saturated heterocycles. The van der Waals surface area contributed by atoms with Crippen molar-refractivity contribution in [2.24, 2.45) is 0 Å². The minimum Gasteiger partial charge on any atom is -0.454 e. The van der Waals surface area contributed by atoms with Crippen LogP contribution >= 0.6 is 0 Å². The van der Waals surface area contributed by atoms with E-state index in [0.29, 0.717) is 0 Å². The van der Waals surface area contributed by atoms with Gasteiger partial charge in [0.25, 0.3) is 0 Å². The van der Waals surface area contributed by atoms with Crippen LogP contribution in [0.4, 0.5) is 34.1 Å². The average molecular weight is 907 g/mol. The van der Waals surface area contributed by atoms with Crippen molar-refractivity contribution in [3.63, 3.8) is 0 Å². The molecule has 2 aliphatic rings. The van der Waals surface area contributed by atoms with E-state index in [-0.39, 0.29) is 0 Å². The molecule has 3 nitrogen and oxygen atoms in total. The van der Waals surface area contributed by atoms with Gasteiger partial charge in [0, 0.05) is 39.2 Å². The maximum atomic E-state index is 6.84. The topological polar surface area (TPSA) is 19.6 Å². The van der Waals surface area contributed by atoms with E-state index in [9.17, 15) is 0 Å². The molecule has 0 fully saturated rings. The number of furan rings is 1. The summed E-state index contributed by atoms with van der Waals surface area (Å²) in [5, 5.41) is 2.18. The standard InChI is InChI=1S/C68H46N2O/c1-5-22-47(23-6-1)67(48-24-7-2-8-25-48)60-34-16-18-36-62(60)68(63-37-19-17-35-61(63)67)58-33-15-13-30-54(58)57-46-53(44-45-59(57)68)70(64-38-21-32-56-55-31-14-20-39-65(55)71-66(56)64)52-42-40-51(41-43-52)69(49-26-9-3-10-27-49)50-28-11-4-12-29-50/h1-46H. The zero-order chi connectivity index (χ0) is 46.9. The smallest absolute Gasteiger partial charge is 0.159 e. The van der Waals surface area contributed by atoms with E-state index in [4.69, 9.17) is 4.42 Å². The Morgan fingerprint density at radius 2 is 0.690 bits per heavy atom. The number of nitrogens with zero attached hydrogens (tertiary/aromatic N) is 2. The molecule has 0 saturated carbocycles. The van der Waals surface area contributed by atoms with Gasteiger partial charge in [-0.1, -0.05) is 206 Å². The zero-order valence-electron chi connectivity index (χ0n) is 38.9. The Morgan fingerprint density at radius 3 is 1.28 bits per heavy atom. The first-order chi connectivity index (χ1) is 35.2. The molecule has 0 N–H and O–H groups in total. The van der Waals surface area contributed by atoms with Crippen LogP contribution in [0.2, 0.25) is 0 Å². The van der Waals surface area contributed by atoms with E-state index in [2.05, 4.69) is 283 Å². The molecule has 3 heteroatoms. The van der Waals surface area contributed by atoms with Gasteiger partial charge in [0.1, 0.15) is 5.58 Å². The predicted molar refractivity (Wildman–Crippen MR) is 292 cm³/mol. The van der Waals surface area contributed by atoms with Crippen LogP contribution in [0.5, 0.6) is 0 Å². The maximum Gasteiger partial charge on any atom is 0.159 e. The minimum atomic E-state index is -0.603. The maximum absolute atomic E-state index is 6.84. The van der Waals surface area contributed by atoms with E-state index in [1.165, 1.54) is 55.6 Å². The van der Waals surface area contributed by atoms with Crippen molar-refractivity contribution in [1.29, 1.82) is 0 Å². The molecule has 0 amide bonds. The van der Waals surface area contributed by atoms with Crippen molar-refractivity contribution in [2.75, 3.05) is 9.80 Å². The lowest BCUT2D eigenvalue weighted by Gasteiger charge is -2.50. The van der Waals surface area contributed by atoms with Crippen molar-refractivity contribution >= 4 is 56.1 Å². The Balaban J connectivity index is 1.01. The molecule has 2 aliphatic carbocycles. The molecule has 12 aromatic rings. The van der Waals surface area contributed by atoms with Crippen LogP contribution in [-0.2, 0) is 10.8 Å². The molecular weight excluding hydrogens is 861 g/mol. The highest BCUT2D eigenvalue weighted by molar-refractivity contribution is 6.10. The molecule has 334 valence electrons. The second kappa shape index (κ2) is 16.2. The Labute approximate surface area is 413 Å². The predicted octanol–water partition coefficient (Wildman–Crippen LogP) is 17.6. The van der Waals surface area contributed by atoms with E-state index in [1.54, 1.807) is 0 Å². The summed E-state index contributed by atoms with van der Waals surface area (Å²) in [6.07, 6.45) is 0. The summed E-state index contributed by atoms with van der Waals surface area (Å²) in [5.41, 5.74) is 19.5. The molecule has 0 bridgehead atoms. The van der Waals surface area contributed by atoms with Crippen LogP contribution in [-0.4, -0.2) is 0 Å². The average Bonchev–Trinajstić information content (AvgIpc) is 3.98. The first-order valence-corrected chi connectivity index (χ1v) is 24.5. The van der Waals surface area contributed by atoms with Crippen molar-refractivity contribution < 1.29 is 4.42 Å². The first kappa shape index (κ1) is 40.8. The SMILES string of the molecule is c1ccc(N(c2ccccc2)c2ccc(N(c3ccc4c(c3)-c3ccccc3C43c4ccccc4C(c4ccccc4)(c4ccccc4)c4ccccc43)c3cccc4c3oc3ccccc34)cc2)cc1. The zero-order valence-corrected chi connectivity index (χ0v) is 38.9. The quantitative estimate of drug-likeness (QED) is 0.151. The highest BCUT2D eigenvalue weighted by Crippen LogP contribution is 2.65. The summed E-state index contributed by atoms with van der Waals surface area (Å²) >= 11 is 0. The largest absolute Gasteiger partial charge is 0.454 e. The van der Waals surface area contributed by atoms with Gasteiger partial charge in [0.2, 0.25) is 0 Å². The second-order valence-electron chi connectivity index (χ2n) is 18.7. The van der Waals surface area contributed by atoms with Crippen LogP contribution in [0, 0.1) is 0 Å². The summed E-state index contributed by atoms with van der Waals surface area (Å²) in [5.74, 6) is 0. The summed E-state index contributed by atoms with van der Waals surface area (Å²) in [7, 11) is 0. The number of hydrogen-bond acceptors (Lipinski definition) is 3. The van der Waals surface area contributed by atoms with Gasteiger partial charge in [-0.15, -0.1) is 0 Å². The number of fused-ring (bicyclic) bond motifs is 12. The highest BCUT2D eigenvalue weighted by atomic mass is 16.3. The molecule has 14 rings (SSSR count). The van der Waals surface area contributed by atoms with Crippen LogP contribution in [0.15, 0.2) is 283 Å². The number of anilines is 6. The fourth-order valence-corrected chi connectivity index (χ4v) is 12.4. The third kappa shape index (κ3) is 5.97. The molecular formula is C68H46N2O. The molecule has 71 heavy (non-hydrogen) atoms. The Morgan fingerprint density at radius 1 is 0.268 bits per heavy atom. The Kier molecular flexibility index (Phi) is 9.33.